The molecule has 0 radical (unpaired) electrons. The third-order valence-electron chi connectivity index (χ3n) is 1.74. The number of carbonyl (C=O) groups is 2. The molecule has 0 spiro atoms. The molecule has 0 aliphatic carbocycles. The fourth-order valence-electron chi connectivity index (χ4n) is 0.891. The molecular weight excluding hydrogens is 210 g/mol. The number of amides is 1. The molecule has 0 aliphatic rings. The Kier molecular flexibility index (Phi) is 5.79. The third-order valence-corrected chi connectivity index (χ3v) is 1.74. The van der Waals surface area contributed by atoms with Crippen molar-refractivity contribution in [1.82, 2.24) is 5.32 Å². The Labute approximate surface area is 84.8 Å². The summed E-state index contributed by atoms with van der Waals surface area (Å²) in [5.74, 6) is 0. The fourth-order valence-corrected chi connectivity index (χ4v) is 0.891. The van der Waals surface area contributed by atoms with Crippen LogP contribution in [0.15, 0.2) is 0 Å². The standard InChI is InChI=1S/C7H13NO7/c9-1-3(8-7(14)15)5(12)6(13)4(11)2-10/h1,3-6,8,10-13H,2H2,(H,14,15)/t3-,4+,5+,6-/m0/s1. The van der Waals surface area contributed by atoms with E-state index in [1.807, 2.05) is 0 Å². The van der Waals surface area contributed by atoms with Gasteiger partial charge >= 0.3 is 6.09 Å². The van der Waals surface area contributed by atoms with Gasteiger partial charge in [-0.1, -0.05) is 0 Å². The smallest absolute Gasteiger partial charge is 0.405 e. The Balaban J connectivity index is 4.42. The molecule has 0 saturated heterocycles. The number of carbonyl (C=O) groups excluding carboxylic acids is 1. The number of nitrogens with one attached hydrogen (secondary N) is 1. The molecule has 0 fully saturated rings. The molecule has 0 aliphatic heterocycles. The summed E-state index contributed by atoms with van der Waals surface area (Å²) in [4.78, 5) is 20.5. The number of hydrogen-bond acceptors (Lipinski definition) is 6. The first-order valence-electron chi connectivity index (χ1n) is 4.03. The van der Waals surface area contributed by atoms with Crippen molar-refractivity contribution >= 4 is 12.4 Å². The molecule has 0 aromatic carbocycles. The minimum Gasteiger partial charge on any atom is -0.465 e. The van der Waals surface area contributed by atoms with E-state index >= 15 is 0 Å². The Morgan fingerprint density at radius 3 is 2.13 bits per heavy atom. The SMILES string of the molecule is O=C[C@H](NC(=O)O)[C@@H](O)[C@@H](O)[C@H](O)CO. The van der Waals surface area contributed by atoms with Crippen LogP contribution in [0.5, 0.6) is 0 Å². The molecule has 0 aromatic heterocycles. The van der Waals surface area contributed by atoms with Crippen LogP contribution < -0.4 is 5.32 Å². The Bertz CT molecular complexity index is 221. The Hall–Kier alpha value is -1.22. The van der Waals surface area contributed by atoms with E-state index < -0.39 is 37.1 Å². The van der Waals surface area contributed by atoms with Crippen LogP contribution in [-0.2, 0) is 4.79 Å². The van der Waals surface area contributed by atoms with Gasteiger partial charge in [-0.05, 0) is 0 Å². The highest BCUT2D eigenvalue weighted by atomic mass is 16.4. The molecule has 0 aromatic rings. The average molecular weight is 223 g/mol. The molecular formula is C7H13NO7. The summed E-state index contributed by atoms with van der Waals surface area (Å²) < 4.78 is 0. The number of aldehydes is 1. The second kappa shape index (κ2) is 6.30. The van der Waals surface area contributed by atoms with Crippen molar-refractivity contribution in [2.75, 3.05) is 6.61 Å². The number of aliphatic hydroxyl groups is 4. The van der Waals surface area contributed by atoms with E-state index in [4.69, 9.17) is 20.4 Å². The minimum absolute atomic E-state index is 0.0755. The molecule has 1 amide bonds. The van der Waals surface area contributed by atoms with Gasteiger partial charge in [0.1, 0.15) is 30.6 Å². The average Bonchev–Trinajstić information content (AvgIpc) is 2.22. The molecule has 0 heterocycles. The number of carboxylic acid groups (broad SMARTS) is 1. The van der Waals surface area contributed by atoms with Crippen molar-refractivity contribution in [3.8, 4) is 0 Å². The zero-order valence-corrected chi connectivity index (χ0v) is 7.65. The fraction of sp³-hybridized carbons (Fsp3) is 0.714. The topological polar surface area (TPSA) is 147 Å². The lowest BCUT2D eigenvalue weighted by atomic mass is 10.0. The summed E-state index contributed by atoms with van der Waals surface area (Å²) in [6.07, 6.45) is -6.79. The van der Waals surface area contributed by atoms with E-state index in [-0.39, 0.29) is 6.29 Å². The molecule has 88 valence electrons. The van der Waals surface area contributed by atoms with E-state index in [1.54, 1.807) is 5.32 Å². The number of rotatable bonds is 6. The van der Waals surface area contributed by atoms with Crippen LogP contribution in [0.25, 0.3) is 0 Å². The highest BCUT2D eigenvalue weighted by Crippen LogP contribution is 2.03. The van der Waals surface area contributed by atoms with Crippen molar-refractivity contribution < 1.29 is 35.1 Å². The zero-order chi connectivity index (χ0) is 12.0. The first kappa shape index (κ1) is 13.8. The Morgan fingerprint density at radius 1 is 1.27 bits per heavy atom. The quantitative estimate of drug-likeness (QED) is 0.261. The van der Waals surface area contributed by atoms with E-state index in [2.05, 4.69) is 0 Å². The van der Waals surface area contributed by atoms with Gasteiger partial charge in [0.2, 0.25) is 0 Å². The Morgan fingerprint density at radius 2 is 1.80 bits per heavy atom. The largest absolute Gasteiger partial charge is 0.465 e. The van der Waals surface area contributed by atoms with Gasteiger partial charge in [-0.25, -0.2) is 4.79 Å². The van der Waals surface area contributed by atoms with Crippen molar-refractivity contribution in [2.45, 2.75) is 24.4 Å². The predicted octanol–water partition coefficient (Wildman–Crippen LogP) is -3.10. The highest BCUT2D eigenvalue weighted by molar-refractivity contribution is 5.71. The monoisotopic (exact) mass is 223 g/mol. The van der Waals surface area contributed by atoms with Crippen LogP contribution in [0.3, 0.4) is 0 Å². The van der Waals surface area contributed by atoms with Crippen LogP contribution in [0.1, 0.15) is 0 Å². The van der Waals surface area contributed by atoms with Gasteiger partial charge in [0, 0.05) is 0 Å². The van der Waals surface area contributed by atoms with Crippen LogP contribution in [0.4, 0.5) is 4.79 Å². The maximum Gasteiger partial charge on any atom is 0.405 e. The number of aliphatic hydroxyl groups excluding tert-OH is 4. The van der Waals surface area contributed by atoms with Gasteiger partial charge in [-0.3, -0.25) is 0 Å². The lowest BCUT2D eigenvalue weighted by Gasteiger charge is -2.25. The molecule has 8 heteroatoms. The molecule has 0 rings (SSSR count). The lowest BCUT2D eigenvalue weighted by Crippen LogP contribution is -2.53. The van der Waals surface area contributed by atoms with Gasteiger partial charge in [-0.15, -0.1) is 0 Å². The third kappa shape index (κ3) is 4.21. The van der Waals surface area contributed by atoms with Crippen molar-refractivity contribution in [3.63, 3.8) is 0 Å². The highest BCUT2D eigenvalue weighted by Gasteiger charge is 2.31. The van der Waals surface area contributed by atoms with E-state index in [0.29, 0.717) is 0 Å². The summed E-state index contributed by atoms with van der Waals surface area (Å²) in [7, 11) is 0. The summed E-state index contributed by atoms with van der Waals surface area (Å²) in [5, 5.41) is 45.7. The maximum absolute atomic E-state index is 10.4. The first-order valence-corrected chi connectivity index (χ1v) is 4.03. The maximum atomic E-state index is 10.4. The summed E-state index contributed by atoms with van der Waals surface area (Å²) in [6.45, 7) is -0.823. The van der Waals surface area contributed by atoms with E-state index in [1.165, 1.54) is 0 Å². The molecule has 0 unspecified atom stereocenters. The zero-order valence-electron chi connectivity index (χ0n) is 7.65. The van der Waals surface area contributed by atoms with Crippen molar-refractivity contribution in [1.29, 1.82) is 0 Å². The summed E-state index contributed by atoms with van der Waals surface area (Å²) in [5.41, 5.74) is 0. The van der Waals surface area contributed by atoms with Crippen LogP contribution in [-0.4, -0.2) is 68.9 Å². The van der Waals surface area contributed by atoms with Gasteiger partial charge in [0.15, 0.2) is 0 Å². The normalized spacial score (nSPS) is 18.7. The molecule has 4 atom stereocenters. The van der Waals surface area contributed by atoms with Gasteiger partial charge < -0.3 is 35.6 Å². The predicted molar refractivity (Wildman–Crippen MR) is 46.1 cm³/mol. The molecule has 8 nitrogen and oxygen atoms in total. The van der Waals surface area contributed by atoms with Crippen molar-refractivity contribution in [2.24, 2.45) is 0 Å². The van der Waals surface area contributed by atoms with Crippen LogP contribution in [0.2, 0.25) is 0 Å². The summed E-state index contributed by atoms with van der Waals surface area (Å²) in [6, 6.07) is -1.57. The molecule has 0 saturated carbocycles. The van der Waals surface area contributed by atoms with Gasteiger partial charge in [0.25, 0.3) is 0 Å². The van der Waals surface area contributed by atoms with Crippen LogP contribution in [0, 0.1) is 0 Å². The van der Waals surface area contributed by atoms with Crippen molar-refractivity contribution in [3.05, 3.63) is 0 Å². The number of hydrogen-bond donors (Lipinski definition) is 6. The molecule has 0 bridgehead atoms. The van der Waals surface area contributed by atoms with Gasteiger partial charge in [0.05, 0.1) is 6.61 Å². The van der Waals surface area contributed by atoms with Crippen LogP contribution >= 0.6 is 0 Å². The molecule has 15 heavy (non-hydrogen) atoms. The summed E-state index contributed by atoms with van der Waals surface area (Å²) >= 11 is 0. The van der Waals surface area contributed by atoms with E-state index in [0.717, 1.165) is 0 Å². The minimum atomic E-state index is -1.83. The molecule has 6 N–H and O–H groups in total. The first-order chi connectivity index (χ1) is 6.93. The van der Waals surface area contributed by atoms with Gasteiger partial charge in [-0.2, -0.15) is 0 Å². The second-order valence-electron chi connectivity index (χ2n) is 2.84. The second-order valence-corrected chi connectivity index (χ2v) is 2.84. The van der Waals surface area contributed by atoms with E-state index in [9.17, 15) is 14.7 Å². The lowest BCUT2D eigenvalue weighted by molar-refractivity contribution is -0.119.